The summed E-state index contributed by atoms with van der Waals surface area (Å²) in [7, 11) is 0. The molecule has 0 spiro atoms. The van der Waals surface area contributed by atoms with Crippen LogP contribution in [0.3, 0.4) is 0 Å². The fourth-order valence-electron chi connectivity index (χ4n) is 2.83. The largest absolute Gasteiger partial charge is 0.279 e. The summed E-state index contributed by atoms with van der Waals surface area (Å²) < 4.78 is 0. The lowest BCUT2D eigenvalue weighted by molar-refractivity contribution is 0.582. The van der Waals surface area contributed by atoms with Gasteiger partial charge in [0.25, 0.3) is 0 Å². The van der Waals surface area contributed by atoms with E-state index in [1.54, 1.807) is 11.3 Å². The minimum absolute atomic E-state index is 0.0420. The summed E-state index contributed by atoms with van der Waals surface area (Å²) in [5.41, 5.74) is 3.55. The smallest absolute Gasteiger partial charge is 0.135 e. The van der Waals surface area contributed by atoms with Gasteiger partial charge in [0.2, 0.25) is 0 Å². The second-order valence-electron chi connectivity index (χ2n) is 5.31. The molecule has 0 saturated carbocycles. The Morgan fingerprint density at radius 2 is 1.55 bits per heavy atom. The monoisotopic (exact) mass is 304 g/mol. The molecule has 1 aliphatic rings. The average Bonchev–Trinajstić information content (AvgIpc) is 3.26. The lowest BCUT2D eigenvalue weighted by Gasteiger charge is -2.15. The fraction of sp³-hybridized carbons (Fsp3) is 0.105. The molecule has 1 aliphatic heterocycles. The molecular formula is C19H16N2S. The second kappa shape index (κ2) is 5.87. The molecule has 2 nitrogen and oxygen atoms in total. The van der Waals surface area contributed by atoms with Crippen molar-refractivity contribution in [1.82, 2.24) is 5.32 Å². The van der Waals surface area contributed by atoms with E-state index < -0.39 is 0 Å². The van der Waals surface area contributed by atoms with Gasteiger partial charge in [0.1, 0.15) is 6.17 Å². The Kier molecular flexibility index (Phi) is 3.59. The van der Waals surface area contributed by atoms with Crippen LogP contribution in [0.25, 0.3) is 0 Å². The van der Waals surface area contributed by atoms with E-state index in [0.29, 0.717) is 0 Å². The first-order chi connectivity index (χ1) is 10.9. The molecule has 22 heavy (non-hydrogen) atoms. The van der Waals surface area contributed by atoms with E-state index in [4.69, 9.17) is 4.99 Å². The maximum Gasteiger partial charge on any atom is 0.135 e. The van der Waals surface area contributed by atoms with Crippen LogP contribution in [0.2, 0.25) is 0 Å². The number of nitrogens with one attached hydrogen (secondary N) is 1. The van der Waals surface area contributed by atoms with E-state index in [-0.39, 0.29) is 12.2 Å². The first-order valence-corrected chi connectivity index (χ1v) is 8.27. The molecule has 4 rings (SSSR count). The number of benzene rings is 2. The molecule has 0 amide bonds. The summed E-state index contributed by atoms with van der Waals surface area (Å²) in [5.74, 6) is 0. The Labute approximate surface area is 134 Å². The minimum atomic E-state index is 0.0420. The molecule has 0 aliphatic carbocycles. The van der Waals surface area contributed by atoms with Gasteiger partial charge in [-0.05, 0) is 22.6 Å². The highest BCUT2D eigenvalue weighted by molar-refractivity contribution is 7.10. The zero-order valence-corrected chi connectivity index (χ0v) is 12.8. The zero-order valence-electron chi connectivity index (χ0n) is 12.0. The first-order valence-electron chi connectivity index (χ1n) is 7.39. The quantitative estimate of drug-likeness (QED) is 0.752. The van der Waals surface area contributed by atoms with Crippen LogP contribution in [0.1, 0.15) is 28.2 Å². The van der Waals surface area contributed by atoms with Crippen LogP contribution >= 0.6 is 11.3 Å². The fourth-order valence-corrected chi connectivity index (χ4v) is 3.55. The van der Waals surface area contributed by atoms with Gasteiger partial charge in [-0.2, -0.15) is 0 Å². The Bertz CT molecular complexity index is 764. The van der Waals surface area contributed by atoms with Crippen LogP contribution in [0.5, 0.6) is 0 Å². The third-order valence-electron chi connectivity index (χ3n) is 3.88. The molecule has 0 unspecified atom stereocenters. The van der Waals surface area contributed by atoms with Crippen molar-refractivity contribution in [2.24, 2.45) is 4.99 Å². The van der Waals surface area contributed by atoms with Crippen LogP contribution in [0.4, 0.5) is 0 Å². The summed E-state index contributed by atoms with van der Waals surface area (Å²) in [4.78, 5) is 6.23. The molecule has 3 heteroatoms. The Balaban J connectivity index is 1.76. The number of hydrogen-bond donors (Lipinski definition) is 1. The second-order valence-corrected chi connectivity index (χ2v) is 6.29. The molecule has 2 atom stereocenters. The summed E-state index contributed by atoms with van der Waals surface area (Å²) in [6.45, 7) is 0. The molecular weight excluding hydrogens is 288 g/mol. The molecule has 108 valence electrons. The van der Waals surface area contributed by atoms with Crippen molar-refractivity contribution in [2.45, 2.75) is 12.2 Å². The van der Waals surface area contributed by atoms with Gasteiger partial charge in [0.15, 0.2) is 0 Å². The van der Waals surface area contributed by atoms with Gasteiger partial charge in [-0.1, -0.05) is 66.7 Å². The maximum absolute atomic E-state index is 4.97. The SMILES string of the molecule is c1ccc(C2=N[C@@H](c3cccs3)N[C@@H]2c2ccccc2)cc1. The summed E-state index contributed by atoms with van der Waals surface area (Å²) in [6.07, 6.45) is 0.0420. The first kappa shape index (κ1) is 13.4. The van der Waals surface area contributed by atoms with Crippen molar-refractivity contribution in [3.05, 3.63) is 94.2 Å². The molecule has 0 saturated heterocycles. The van der Waals surface area contributed by atoms with Crippen molar-refractivity contribution in [1.29, 1.82) is 0 Å². The van der Waals surface area contributed by atoms with Crippen LogP contribution in [-0.2, 0) is 0 Å². The van der Waals surface area contributed by atoms with Gasteiger partial charge < -0.3 is 0 Å². The highest BCUT2D eigenvalue weighted by Crippen LogP contribution is 2.33. The van der Waals surface area contributed by atoms with Crippen LogP contribution in [0.15, 0.2) is 83.2 Å². The normalized spacial score (nSPS) is 20.8. The van der Waals surface area contributed by atoms with E-state index in [1.807, 2.05) is 6.07 Å². The Morgan fingerprint density at radius 3 is 2.23 bits per heavy atom. The highest BCUT2D eigenvalue weighted by Gasteiger charge is 2.30. The third kappa shape index (κ3) is 2.49. The van der Waals surface area contributed by atoms with Gasteiger partial charge in [0, 0.05) is 4.88 Å². The van der Waals surface area contributed by atoms with Crippen molar-refractivity contribution in [2.75, 3.05) is 0 Å². The number of hydrogen-bond acceptors (Lipinski definition) is 3. The lowest BCUT2D eigenvalue weighted by Crippen LogP contribution is -2.23. The maximum atomic E-state index is 4.97. The molecule has 3 aromatic rings. The van der Waals surface area contributed by atoms with E-state index >= 15 is 0 Å². The van der Waals surface area contributed by atoms with E-state index in [9.17, 15) is 0 Å². The molecule has 0 fully saturated rings. The van der Waals surface area contributed by atoms with E-state index in [2.05, 4.69) is 77.4 Å². The number of rotatable bonds is 3. The lowest BCUT2D eigenvalue weighted by atomic mass is 9.97. The highest BCUT2D eigenvalue weighted by atomic mass is 32.1. The zero-order chi connectivity index (χ0) is 14.8. The van der Waals surface area contributed by atoms with Crippen LogP contribution < -0.4 is 5.32 Å². The molecule has 2 aromatic carbocycles. The van der Waals surface area contributed by atoms with E-state index in [0.717, 1.165) is 5.71 Å². The molecule has 0 bridgehead atoms. The van der Waals surface area contributed by atoms with Crippen molar-refractivity contribution >= 4 is 17.0 Å². The predicted molar refractivity (Wildman–Crippen MR) is 92.4 cm³/mol. The summed E-state index contributed by atoms with van der Waals surface area (Å²) >= 11 is 1.75. The standard InChI is InChI=1S/C19H16N2S/c1-3-8-14(9-4-1)17-18(15-10-5-2-6-11-15)21-19(20-17)16-12-7-13-22-16/h1-13,17,19-20H/t17-,19+/m1/s1. The molecule has 1 aromatic heterocycles. The van der Waals surface area contributed by atoms with Crippen molar-refractivity contribution in [3.8, 4) is 0 Å². The van der Waals surface area contributed by atoms with Crippen LogP contribution in [0, 0.1) is 0 Å². The van der Waals surface area contributed by atoms with Gasteiger partial charge >= 0.3 is 0 Å². The Morgan fingerprint density at radius 1 is 0.818 bits per heavy atom. The summed E-state index contributed by atoms with van der Waals surface area (Å²) in [6, 6.07) is 25.3. The van der Waals surface area contributed by atoms with E-state index in [1.165, 1.54) is 16.0 Å². The number of aliphatic imine (C=N–C) groups is 1. The van der Waals surface area contributed by atoms with Gasteiger partial charge in [0.05, 0.1) is 11.8 Å². The van der Waals surface area contributed by atoms with Gasteiger partial charge in [-0.3, -0.25) is 10.3 Å². The Hall–Kier alpha value is -2.23. The van der Waals surface area contributed by atoms with Gasteiger partial charge in [-0.25, -0.2) is 0 Å². The van der Waals surface area contributed by atoms with Crippen molar-refractivity contribution < 1.29 is 0 Å². The van der Waals surface area contributed by atoms with Gasteiger partial charge in [-0.15, -0.1) is 11.3 Å². The average molecular weight is 304 g/mol. The minimum Gasteiger partial charge on any atom is -0.279 e. The van der Waals surface area contributed by atoms with Crippen molar-refractivity contribution in [3.63, 3.8) is 0 Å². The summed E-state index contributed by atoms with van der Waals surface area (Å²) in [5, 5.41) is 5.77. The third-order valence-corrected chi connectivity index (χ3v) is 4.81. The number of thiophene rings is 1. The predicted octanol–water partition coefficient (Wildman–Crippen LogP) is 4.58. The molecule has 0 radical (unpaired) electrons. The molecule has 2 heterocycles. The molecule has 1 N–H and O–H groups in total. The van der Waals surface area contributed by atoms with Crippen LogP contribution in [-0.4, -0.2) is 5.71 Å². The number of nitrogens with zero attached hydrogens (tertiary/aromatic N) is 1. The topological polar surface area (TPSA) is 24.4 Å².